The van der Waals surface area contributed by atoms with Gasteiger partial charge in [0.25, 0.3) is 0 Å². The highest BCUT2D eigenvalue weighted by molar-refractivity contribution is 5.57. The van der Waals surface area contributed by atoms with Crippen LogP contribution in [-0.2, 0) is 12.8 Å². The number of fused-ring (bicyclic) bond motifs is 1. The predicted octanol–water partition coefficient (Wildman–Crippen LogP) is 3.85. The molecule has 21 heavy (non-hydrogen) atoms. The molecule has 0 spiro atoms. The van der Waals surface area contributed by atoms with Gasteiger partial charge in [-0.25, -0.2) is 4.98 Å². The summed E-state index contributed by atoms with van der Waals surface area (Å²) in [4.78, 5) is 7.12. The van der Waals surface area contributed by atoms with Crippen molar-refractivity contribution in [2.75, 3.05) is 11.9 Å². The molecule has 3 rings (SSSR count). The van der Waals surface area contributed by atoms with Gasteiger partial charge in [-0.3, -0.25) is 0 Å². The highest BCUT2D eigenvalue weighted by Crippen LogP contribution is 2.33. The molecule has 0 atom stereocenters. The number of pyridine rings is 1. The van der Waals surface area contributed by atoms with E-state index in [0.717, 1.165) is 30.1 Å². The average molecular weight is 283 g/mol. The number of hydrogen-bond acceptors (Lipinski definition) is 3. The van der Waals surface area contributed by atoms with E-state index in [0.29, 0.717) is 6.04 Å². The molecule has 0 N–H and O–H groups in total. The fourth-order valence-electron chi connectivity index (χ4n) is 3.93. The summed E-state index contributed by atoms with van der Waals surface area (Å²) in [6.45, 7) is 2.30. The zero-order valence-corrected chi connectivity index (χ0v) is 13.2. The van der Waals surface area contributed by atoms with Crippen LogP contribution in [0, 0.1) is 17.2 Å². The van der Waals surface area contributed by atoms with Crippen LogP contribution in [0.5, 0.6) is 0 Å². The summed E-state index contributed by atoms with van der Waals surface area (Å²) in [6, 6.07) is 4.99. The van der Waals surface area contributed by atoms with Crippen LogP contribution in [0.3, 0.4) is 0 Å². The topological polar surface area (TPSA) is 39.9 Å². The van der Waals surface area contributed by atoms with Crippen molar-refractivity contribution in [2.45, 2.75) is 64.3 Å². The van der Waals surface area contributed by atoms with Crippen molar-refractivity contribution in [1.29, 1.82) is 5.26 Å². The molecule has 112 valence electrons. The Kier molecular flexibility index (Phi) is 4.14. The molecular formula is C18H25N3. The van der Waals surface area contributed by atoms with Crippen LogP contribution in [0.2, 0.25) is 0 Å². The van der Waals surface area contributed by atoms with Crippen LogP contribution in [0.25, 0.3) is 0 Å². The molecule has 2 aliphatic rings. The standard InChI is InChI=1S/C18H25N3/c1-3-13-7-9-16(10-8-13)21(2)18-15(12-19)11-14-5-4-6-17(14)20-18/h11,13,16H,3-10H2,1-2H3. The Bertz CT molecular complexity index is 550. The van der Waals surface area contributed by atoms with Crippen LogP contribution in [0.15, 0.2) is 6.07 Å². The van der Waals surface area contributed by atoms with Crippen molar-refractivity contribution in [3.8, 4) is 6.07 Å². The molecule has 0 bridgehead atoms. The quantitative estimate of drug-likeness (QED) is 0.846. The van der Waals surface area contributed by atoms with Crippen LogP contribution in [-0.4, -0.2) is 18.1 Å². The molecule has 2 aliphatic carbocycles. The summed E-state index contributed by atoms with van der Waals surface area (Å²) in [6.07, 6.45) is 9.75. The van der Waals surface area contributed by atoms with E-state index in [-0.39, 0.29) is 0 Å². The SMILES string of the molecule is CCC1CCC(N(C)c2nc3c(cc2C#N)CCC3)CC1. The molecule has 0 amide bonds. The minimum atomic E-state index is 0.548. The first kappa shape index (κ1) is 14.4. The monoisotopic (exact) mass is 283 g/mol. The first-order chi connectivity index (χ1) is 10.2. The Morgan fingerprint density at radius 3 is 2.71 bits per heavy atom. The van der Waals surface area contributed by atoms with Gasteiger partial charge >= 0.3 is 0 Å². The Hall–Kier alpha value is -1.56. The van der Waals surface area contributed by atoms with Crippen molar-refractivity contribution in [3.05, 3.63) is 22.9 Å². The number of aromatic nitrogens is 1. The van der Waals surface area contributed by atoms with Gasteiger partial charge in [0.2, 0.25) is 0 Å². The molecular weight excluding hydrogens is 258 g/mol. The highest BCUT2D eigenvalue weighted by atomic mass is 15.2. The number of nitriles is 1. The maximum atomic E-state index is 9.46. The maximum Gasteiger partial charge on any atom is 0.146 e. The minimum absolute atomic E-state index is 0.548. The second-order valence-corrected chi connectivity index (χ2v) is 6.62. The Morgan fingerprint density at radius 1 is 1.29 bits per heavy atom. The maximum absolute atomic E-state index is 9.46. The summed E-state index contributed by atoms with van der Waals surface area (Å²) in [5.41, 5.74) is 3.27. The molecule has 0 aliphatic heterocycles. The van der Waals surface area contributed by atoms with E-state index < -0.39 is 0 Å². The lowest BCUT2D eigenvalue weighted by atomic mass is 9.84. The molecule has 0 unspecified atom stereocenters. The fraction of sp³-hybridized carbons (Fsp3) is 0.667. The molecule has 1 aromatic heterocycles. The van der Waals surface area contributed by atoms with Gasteiger partial charge in [0.15, 0.2) is 0 Å². The highest BCUT2D eigenvalue weighted by Gasteiger charge is 2.26. The molecule has 0 radical (unpaired) electrons. The molecule has 3 nitrogen and oxygen atoms in total. The second kappa shape index (κ2) is 6.05. The predicted molar refractivity (Wildman–Crippen MR) is 85.4 cm³/mol. The van der Waals surface area contributed by atoms with E-state index >= 15 is 0 Å². The van der Waals surface area contributed by atoms with Gasteiger partial charge < -0.3 is 4.90 Å². The summed E-state index contributed by atoms with van der Waals surface area (Å²) in [7, 11) is 2.13. The summed E-state index contributed by atoms with van der Waals surface area (Å²) in [5.74, 6) is 1.82. The van der Waals surface area contributed by atoms with E-state index in [1.54, 1.807) is 0 Å². The van der Waals surface area contributed by atoms with Crippen molar-refractivity contribution in [3.63, 3.8) is 0 Å². The molecule has 0 aromatic carbocycles. The van der Waals surface area contributed by atoms with E-state index in [1.165, 1.54) is 49.8 Å². The van der Waals surface area contributed by atoms with E-state index in [9.17, 15) is 5.26 Å². The lowest BCUT2D eigenvalue weighted by Crippen LogP contribution is -2.36. The second-order valence-electron chi connectivity index (χ2n) is 6.62. The van der Waals surface area contributed by atoms with Gasteiger partial charge in [-0.2, -0.15) is 5.26 Å². The van der Waals surface area contributed by atoms with Crippen molar-refractivity contribution in [2.24, 2.45) is 5.92 Å². The Labute approximate surface area is 128 Å². The lowest BCUT2D eigenvalue weighted by molar-refractivity contribution is 0.313. The number of nitrogens with zero attached hydrogens (tertiary/aromatic N) is 3. The Morgan fingerprint density at radius 2 is 2.05 bits per heavy atom. The molecule has 1 fully saturated rings. The molecule has 1 heterocycles. The lowest BCUT2D eigenvalue weighted by Gasteiger charge is -2.35. The van der Waals surface area contributed by atoms with Crippen molar-refractivity contribution in [1.82, 2.24) is 4.98 Å². The van der Waals surface area contributed by atoms with E-state index in [1.807, 2.05) is 0 Å². The third-order valence-electron chi connectivity index (χ3n) is 5.43. The Balaban J connectivity index is 1.81. The fourth-order valence-corrected chi connectivity index (χ4v) is 3.93. The zero-order valence-electron chi connectivity index (χ0n) is 13.2. The van der Waals surface area contributed by atoms with Gasteiger partial charge in [-0.1, -0.05) is 13.3 Å². The van der Waals surface area contributed by atoms with Gasteiger partial charge in [0.1, 0.15) is 11.9 Å². The van der Waals surface area contributed by atoms with E-state index in [2.05, 4.69) is 31.0 Å². The zero-order chi connectivity index (χ0) is 14.8. The summed E-state index contributed by atoms with van der Waals surface area (Å²) < 4.78 is 0. The third kappa shape index (κ3) is 2.77. The number of aryl methyl sites for hydroxylation is 2. The third-order valence-corrected chi connectivity index (χ3v) is 5.43. The first-order valence-corrected chi connectivity index (χ1v) is 8.38. The minimum Gasteiger partial charge on any atom is -0.356 e. The smallest absolute Gasteiger partial charge is 0.146 e. The number of rotatable bonds is 3. The van der Waals surface area contributed by atoms with Crippen molar-refractivity contribution >= 4 is 5.82 Å². The number of hydrogen-bond donors (Lipinski definition) is 0. The summed E-state index contributed by atoms with van der Waals surface area (Å²) >= 11 is 0. The normalized spacial score (nSPS) is 24.4. The van der Waals surface area contributed by atoms with Crippen LogP contribution in [0.1, 0.15) is 62.3 Å². The molecule has 0 saturated heterocycles. The largest absolute Gasteiger partial charge is 0.356 e. The molecule has 1 saturated carbocycles. The van der Waals surface area contributed by atoms with Crippen molar-refractivity contribution < 1.29 is 0 Å². The van der Waals surface area contributed by atoms with Gasteiger partial charge in [-0.05, 0) is 62.5 Å². The summed E-state index contributed by atoms with van der Waals surface area (Å²) in [5, 5.41) is 9.46. The molecule has 1 aromatic rings. The van der Waals surface area contributed by atoms with Gasteiger partial charge in [0, 0.05) is 18.8 Å². The van der Waals surface area contributed by atoms with Crippen LogP contribution < -0.4 is 4.90 Å². The van der Waals surface area contributed by atoms with Gasteiger partial charge in [0.05, 0.1) is 5.56 Å². The average Bonchev–Trinajstić information content (AvgIpc) is 3.00. The van der Waals surface area contributed by atoms with Crippen LogP contribution >= 0.6 is 0 Å². The van der Waals surface area contributed by atoms with Gasteiger partial charge in [-0.15, -0.1) is 0 Å². The van der Waals surface area contributed by atoms with Crippen LogP contribution in [0.4, 0.5) is 5.82 Å². The number of anilines is 1. The first-order valence-electron chi connectivity index (χ1n) is 8.38. The van der Waals surface area contributed by atoms with E-state index in [4.69, 9.17) is 4.98 Å². The molecule has 3 heteroatoms.